The molecule has 0 fully saturated rings. The number of halogens is 2. The van der Waals surface area contributed by atoms with Gasteiger partial charge in [-0.05, 0) is 47.7 Å². The van der Waals surface area contributed by atoms with Gasteiger partial charge in [-0.1, -0.05) is 60.5 Å². The van der Waals surface area contributed by atoms with Crippen LogP contribution < -0.4 is 0 Å². The minimum absolute atomic E-state index is 0.332. The van der Waals surface area contributed by atoms with Crippen molar-refractivity contribution in [2.45, 2.75) is 20.3 Å². The zero-order chi connectivity index (χ0) is 16.8. The molecule has 0 aliphatic rings. The number of aryl methyl sites for hydroxylation is 1. The molecule has 2 aromatic carbocycles. The molecule has 23 heavy (non-hydrogen) atoms. The van der Waals surface area contributed by atoms with Gasteiger partial charge in [-0.25, -0.2) is 4.79 Å². The Balaban J connectivity index is 2.50. The highest BCUT2D eigenvalue weighted by Gasteiger charge is 2.10. The lowest BCUT2D eigenvalue weighted by Crippen LogP contribution is -2.02. The van der Waals surface area contributed by atoms with Gasteiger partial charge in [-0.3, -0.25) is 0 Å². The summed E-state index contributed by atoms with van der Waals surface area (Å²) in [6.45, 7) is 4.21. The highest BCUT2D eigenvalue weighted by atomic mass is 35.5. The lowest BCUT2D eigenvalue weighted by Gasteiger charge is -2.10. The molecule has 0 saturated carbocycles. The van der Waals surface area contributed by atoms with E-state index in [9.17, 15) is 4.79 Å². The molecule has 120 valence electrons. The van der Waals surface area contributed by atoms with Gasteiger partial charge >= 0.3 is 5.97 Å². The highest BCUT2D eigenvalue weighted by Crippen LogP contribution is 2.30. The summed E-state index contributed by atoms with van der Waals surface area (Å²) in [7, 11) is 0. The Bertz CT molecular complexity index is 719. The van der Waals surface area contributed by atoms with E-state index < -0.39 is 0 Å². The van der Waals surface area contributed by atoms with Gasteiger partial charge in [0, 0.05) is 6.08 Å². The van der Waals surface area contributed by atoms with Crippen LogP contribution in [0.5, 0.6) is 0 Å². The maximum absolute atomic E-state index is 11.9. The summed E-state index contributed by atoms with van der Waals surface area (Å²) >= 11 is 12.1. The lowest BCUT2D eigenvalue weighted by molar-refractivity contribution is -0.137. The summed E-state index contributed by atoms with van der Waals surface area (Å²) in [6.07, 6.45) is 2.45. The Morgan fingerprint density at radius 2 is 1.65 bits per heavy atom. The molecular weight excluding hydrogens is 331 g/mol. The van der Waals surface area contributed by atoms with Crippen molar-refractivity contribution in [3.8, 4) is 0 Å². The normalized spacial score (nSPS) is 11.4. The Morgan fingerprint density at radius 3 is 2.22 bits per heavy atom. The second-order valence-electron chi connectivity index (χ2n) is 4.99. The van der Waals surface area contributed by atoms with Crippen molar-refractivity contribution < 1.29 is 9.53 Å². The van der Waals surface area contributed by atoms with E-state index in [4.69, 9.17) is 27.9 Å². The molecule has 2 aromatic rings. The number of carbonyl (C=O) groups is 1. The quantitative estimate of drug-likeness (QED) is 0.522. The van der Waals surface area contributed by atoms with E-state index >= 15 is 0 Å². The predicted molar refractivity (Wildman–Crippen MR) is 96.0 cm³/mol. The number of hydrogen-bond acceptors (Lipinski definition) is 2. The monoisotopic (exact) mass is 348 g/mol. The third-order valence-electron chi connectivity index (χ3n) is 3.45. The summed E-state index contributed by atoms with van der Waals surface area (Å²) in [5.41, 5.74) is 3.73. The lowest BCUT2D eigenvalue weighted by atomic mass is 9.96. The number of ether oxygens (including phenoxy) is 1. The largest absolute Gasteiger partial charge is 0.463 e. The second-order valence-corrected chi connectivity index (χ2v) is 5.80. The van der Waals surface area contributed by atoms with Crippen LogP contribution >= 0.6 is 23.2 Å². The molecule has 4 heteroatoms. The van der Waals surface area contributed by atoms with Crippen LogP contribution in [0.2, 0.25) is 10.0 Å². The third kappa shape index (κ3) is 4.60. The van der Waals surface area contributed by atoms with Gasteiger partial charge in [-0.15, -0.1) is 0 Å². The number of benzene rings is 2. The van der Waals surface area contributed by atoms with Crippen LogP contribution in [0.15, 0.2) is 48.5 Å². The van der Waals surface area contributed by atoms with Crippen LogP contribution in [0.3, 0.4) is 0 Å². The molecule has 0 heterocycles. The highest BCUT2D eigenvalue weighted by molar-refractivity contribution is 6.42. The summed E-state index contributed by atoms with van der Waals surface area (Å²) in [4.78, 5) is 11.9. The minimum Gasteiger partial charge on any atom is -0.463 e. The molecule has 0 unspecified atom stereocenters. The zero-order valence-electron chi connectivity index (χ0n) is 13.1. The first kappa shape index (κ1) is 17.6. The topological polar surface area (TPSA) is 26.3 Å². The maximum Gasteiger partial charge on any atom is 0.331 e. The number of rotatable bonds is 5. The van der Waals surface area contributed by atoms with E-state index in [1.54, 1.807) is 19.1 Å². The molecule has 0 aliphatic heterocycles. The number of carbonyl (C=O) groups excluding carboxylic acids is 1. The Morgan fingerprint density at radius 1 is 1.00 bits per heavy atom. The third-order valence-corrected chi connectivity index (χ3v) is 4.19. The van der Waals surface area contributed by atoms with Crippen LogP contribution in [0.25, 0.3) is 5.57 Å². The number of hydrogen-bond donors (Lipinski definition) is 0. The van der Waals surface area contributed by atoms with Crippen molar-refractivity contribution in [1.82, 2.24) is 0 Å². The average Bonchev–Trinajstić information content (AvgIpc) is 2.56. The van der Waals surface area contributed by atoms with Gasteiger partial charge in [-0.2, -0.15) is 0 Å². The number of esters is 1. The Kier molecular flexibility index (Phi) is 6.26. The van der Waals surface area contributed by atoms with E-state index in [-0.39, 0.29) is 5.97 Å². The fraction of sp³-hybridized carbons (Fsp3) is 0.211. The van der Waals surface area contributed by atoms with Gasteiger partial charge in [0.1, 0.15) is 0 Å². The fourth-order valence-corrected chi connectivity index (χ4v) is 2.52. The van der Waals surface area contributed by atoms with Crippen LogP contribution in [0.1, 0.15) is 30.5 Å². The van der Waals surface area contributed by atoms with Crippen molar-refractivity contribution in [2.75, 3.05) is 6.61 Å². The van der Waals surface area contributed by atoms with E-state index in [1.165, 1.54) is 11.6 Å². The summed E-state index contributed by atoms with van der Waals surface area (Å²) in [5, 5.41) is 0.927. The molecule has 0 spiro atoms. The second kappa shape index (κ2) is 8.19. The Hall–Kier alpha value is -1.77. The predicted octanol–water partition coefficient (Wildman–Crippen LogP) is 5.55. The van der Waals surface area contributed by atoms with Crippen LogP contribution in [0, 0.1) is 0 Å². The van der Waals surface area contributed by atoms with E-state index in [0.29, 0.717) is 16.7 Å². The van der Waals surface area contributed by atoms with Crippen molar-refractivity contribution in [2.24, 2.45) is 0 Å². The molecule has 0 atom stereocenters. The first-order valence-electron chi connectivity index (χ1n) is 7.48. The summed E-state index contributed by atoms with van der Waals surface area (Å²) in [6, 6.07) is 13.4. The van der Waals surface area contributed by atoms with E-state index in [0.717, 1.165) is 23.1 Å². The van der Waals surface area contributed by atoms with Crippen molar-refractivity contribution >= 4 is 34.7 Å². The van der Waals surface area contributed by atoms with Crippen molar-refractivity contribution in [3.05, 3.63) is 75.3 Å². The van der Waals surface area contributed by atoms with E-state index in [1.807, 2.05) is 30.3 Å². The molecule has 0 bridgehead atoms. The molecule has 2 nitrogen and oxygen atoms in total. The summed E-state index contributed by atoms with van der Waals surface area (Å²) < 4.78 is 5.04. The average molecular weight is 349 g/mol. The molecule has 0 radical (unpaired) electrons. The van der Waals surface area contributed by atoms with Crippen molar-refractivity contribution in [3.63, 3.8) is 0 Å². The smallest absolute Gasteiger partial charge is 0.331 e. The molecule has 0 aromatic heterocycles. The standard InChI is InChI=1S/C19H18Cl2O2/c1-3-13-5-7-14(8-6-13)16(12-19(22)23-4-2)15-9-10-17(20)18(21)11-15/h5-12H,3-4H2,1-2H3/b16-12+. The van der Waals surface area contributed by atoms with Crippen molar-refractivity contribution in [1.29, 1.82) is 0 Å². The molecule has 0 amide bonds. The van der Waals surface area contributed by atoms with Crippen LogP contribution in [-0.2, 0) is 16.0 Å². The molecular formula is C19H18Cl2O2. The van der Waals surface area contributed by atoms with Gasteiger partial charge in [0.05, 0.1) is 16.7 Å². The first-order chi connectivity index (χ1) is 11.0. The van der Waals surface area contributed by atoms with Gasteiger partial charge < -0.3 is 4.74 Å². The van der Waals surface area contributed by atoms with Gasteiger partial charge in [0.2, 0.25) is 0 Å². The van der Waals surface area contributed by atoms with E-state index in [2.05, 4.69) is 6.92 Å². The SMILES string of the molecule is CCOC(=O)/C=C(\c1ccc(CC)cc1)c1ccc(Cl)c(Cl)c1. The van der Waals surface area contributed by atoms with Gasteiger partial charge in [0.25, 0.3) is 0 Å². The van der Waals surface area contributed by atoms with Gasteiger partial charge in [0.15, 0.2) is 0 Å². The zero-order valence-corrected chi connectivity index (χ0v) is 14.6. The molecule has 0 N–H and O–H groups in total. The maximum atomic E-state index is 11.9. The molecule has 0 saturated heterocycles. The minimum atomic E-state index is -0.381. The molecule has 0 aliphatic carbocycles. The Labute approximate surface area is 146 Å². The van der Waals surface area contributed by atoms with Crippen LogP contribution in [-0.4, -0.2) is 12.6 Å². The fourth-order valence-electron chi connectivity index (χ4n) is 2.22. The molecule has 2 rings (SSSR count). The summed E-state index contributed by atoms with van der Waals surface area (Å²) in [5.74, 6) is -0.381. The first-order valence-corrected chi connectivity index (χ1v) is 8.24. The van der Waals surface area contributed by atoms with Crippen LogP contribution in [0.4, 0.5) is 0 Å².